The maximum Gasteiger partial charge on any atom is 0.267 e. The first kappa shape index (κ1) is 14.6. The van der Waals surface area contributed by atoms with Crippen LogP contribution < -0.4 is 5.32 Å². The van der Waals surface area contributed by atoms with Gasteiger partial charge in [0.05, 0.1) is 5.25 Å². The van der Waals surface area contributed by atoms with Crippen LogP contribution >= 0.6 is 15.9 Å². The van der Waals surface area contributed by atoms with E-state index in [1.54, 1.807) is 12.3 Å². The third-order valence-electron chi connectivity index (χ3n) is 3.46. The lowest BCUT2D eigenvalue weighted by atomic mass is 9.95. The smallest absolute Gasteiger partial charge is 0.267 e. The van der Waals surface area contributed by atoms with Crippen LogP contribution in [-0.2, 0) is 9.84 Å². The number of carbonyl (C=O) groups is 1. The van der Waals surface area contributed by atoms with E-state index in [9.17, 15) is 13.2 Å². The first-order valence-corrected chi connectivity index (χ1v) is 8.94. The highest BCUT2D eigenvalue weighted by Crippen LogP contribution is 2.24. The number of hydrogen-bond donors (Lipinski definition) is 2. The summed E-state index contributed by atoms with van der Waals surface area (Å²) in [6.45, 7) is 0. The third kappa shape index (κ3) is 3.82. The van der Waals surface area contributed by atoms with Gasteiger partial charge in [0.25, 0.3) is 5.91 Å². The summed E-state index contributed by atoms with van der Waals surface area (Å²) in [7, 11) is -3.02. The van der Waals surface area contributed by atoms with E-state index >= 15 is 0 Å². The van der Waals surface area contributed by atoms with Gasteiger partial charge < -0.3 is 10.3 Å². The van der Waals surface area contributed by atoms with Gasteiger partial charge in [0, 0.05) is 23.0 Å². The number of aromatic amines is 1. The molecule has 1 amide bonds. The SMILES string of the molecule is CS(=O)(=O)[C@H]1CCC[C@@H](NC(=O)c2cc(Br)c[nH]2)C1. The highest BCUT2D eigenvalue weighted by molar-refractivity contribution is 9.10. The molecule has 1 aliphatic carbocycles. The topological polar surface area (TPSA) is 79.0 Å². The predicted octanol–water partition coefficient (Wildman–Crippen LogP) is 1.86. The van der Waals surface area contributed by atoms with Gasteiger partial charge in [-0.15, -0.1) is 0 Å². The fraction of sp³-hybridized carbons (Fsp3) is 0.583. The van der Waals surface area contributed by atoms with Gasteiger partial charge in [-0.05, 0) is 41.3 Å². The fourth-order valence-corrected chi connectivity index (χ4v) is 3.95. The van der Waals surface area contributed by atoms with Crippen molar-refractivity contribution in [3.05, 3.63) is 22.4 Å². The zero-order valence-electron chi connectivity index (χ0n) is 10.6. The van der Waals surface area contributed by atoms with Crippen LogP contribution in [0.3, 0.4) is 0 Å². The van der Waals surface area contributed by atoms with Crippen molar-refractivity contribution < 1.29 is 13.2 Å². The molecule has 0 bridgehead atoms. The maximum absolute atomic E-state index is 12.0. The monoisotopic (exact) mass is 348 g/mol. The zero-order chi connectivity index (χ0) is 14.0. The van der Waals surface area contributed by atoms with E-state index in [1.165, 1.54) is 6.26 Å². The summed E-state index contributed by atoms with van der Waals surface area (Å²) in [6.07, 6.45) is 5.82. The largest absolute Gasteiger partial charge is 0.356 e. The van der Waals surface area contributed by atoms with Crippen LogP contribution in [-0.4, -0.2) is 36.9 Å². The van der Waals surface area contributed by atoms with E-state index in [0.29, 0.717) is 18.5 Å². The molecule has 0 aromatic carbocycles. The third-order valence-corrected chi connectivity index (χ3v) is 5.56. The standard InChI is InChI=1S/C12H17BrN2O3S/c1-19(17,18)10-4-2-3-9(6-10)15-12(16)11-5-8(13)7-14-11/h5,7,9-10,14H,2-4,6H2,1H3,(H,15,16)/t9-,10+/m1/s1. The minimum absolute atomic E-state index is 0.0666. The van der Waals surface area contributed by atoms with Crippen LogP contribution in [0.15, 0.2) is 16.7 Å². The predicted molar refractivity (Wildman–Crippen MR) is 76.8 cm³/mol. The Bertz CT molecular complexity index is 567. The first-order valence-electron chi connectivity index (χ1n) is 6.20. The molecule has 2 atom stereocenters. The van der Waals surface area contributed by atoms with Crippen molar-refractivity contribution >= 4 is 31.7 Å². The minimum Gasteiger partial charge on any atom is -0.356 e. The van der Waals surface area contributed by atoms with Crippen LogP contribution in [0.2, 0.25) is 0 Å². The highest BCUT2D eigenvalue weighted by atomic mass is 79.9. The van der Waals surface area contributed by atoms with Crippen molar-refractivity contribution in [1.29, 1.82) is 0 Å². The van der Waals surface area contributed by atoms with Crippen LogP contribution in [0.1, 0.15) is 36.2 Å². The number of rotatable bonds is 3. The molecule has 1 heterocycles. The second kappa shape index (κ2) is 5.66. The molecule has 1 saturated carbocycles. The summed E-state index contributed by atoms with van der Waals surface area (Å²) in [5, 5.41) is 2.56. The van der Waals surface area contributed by atoms with Gasteiger partial charge >= 0.3 is 0 Å². The minimum atomic E-state index is -3.02. The quantitative estimate of drug-likeness (QED) is 0.874. The van der Waals surface area contributed by atoms with E-state index in [1.807, 2.05) is 0 Å². The van der Waals surface area contributed by atoms with Crippen molar-refractivity contribution in [1.82, 2.24) is 10.3 Å². The molecule has 1 aromatic heterocycles. The second-order valence-corrected chi connectivity index (χ2v) is 8.26. The zero-order valence-corrected chi connectivity index (χ0v) is 13.1. The Hall–Kier alpha value is -0.820. The van der Waals surface area contributed by atoms with E-state index in [-0.39, 0.29) is 17.2 Å². The number of sulfone groups is 1. The summed E-state index contributed by atoms with van der Waals surface area (Å²) >= 11 is 3.27. The Morgan fingerprint density at radius 2 is 2.21 bits per heavy atom. The number of carbonyl (C=O) groups excluding carboxylic acids is 1. The molecule has 2 N–H and O–H groups in total. The lowest BCUT2D eigenvalue weighted by molar-refractivity contribution is 0.0923. The molecule has 0 radical (unpaired) electrons. The molecule has 2 rings (SSSR count). The molecule has 1 aromatic rings. The van der Waals surface area contributed by atoms with E-state index < -0.39 is 9.84 Å². The second-order valence-electron chi connectivity index (χ2n) is 5.02. The van der Waals surface area contributed by atoms with Gasteiger partial charge in [-0.25, -0.2) is 8.42 Å². The van der Waals surface area contributed by atoms with Gasteiger partial charge in [0.1, 0.15) is 15.5 Å². The van der Waals surface area contributed by atoms with Crippen LogP contribution in [0.25, 0.3) is 0 Å². The van der Waals surface area contributed by atoms with Crippen molar-refractivity contribution in [2.24, 2.45) is 0 Å². The summed E-state index contributed by atoms with van der Waals surface area (Å²) in [5.74, 6) is -0.190. The number of H-pyrrole nitrogens is 1. The summed E-state index contributed by atoms with van der Waals surface area (Å²) in [6, 6.07) is 1.63. The fourth-order valence-electron chi connectivity index (χ4n) is 2.43. The Kier molecular flexibility index (Phi) is 4.35. The highest BCUT2D eigenvalue weighted by Gasteiger charge is 2.29. The first-order chi connectivity index (χ1) is 8.86. The van der Waals surface area contributed by atoms with Gasteiger partial charge in [-0.2, -0.15) is 0 Å². The molecule has 106 valence electrons. The maximum atomic E-state index is 12.0. The number of nitrogens with one attached hydrogen (secondary N) is 2. The molecule has 0 saturated heterocycles. The van der Waals surface area contributed by atoms with E-state index in [0.717, 1.165) is 17.3 Å². The van der Waals surface area contributed by atoms with Gasteiger partial charge in [-0.1, -0.05) is 6.42 Å². The summed E-state index contributed by atoms with van der Waals surface area (Å²) < 4.78 is 23.9. The Balaban J connectivity index is 1.98. The molecule has 19 heavy (non-hydrogen) atoms. The molecule has 0 unspecified atom stereocenters. The molecule has 0 aliphatic heterocycles. The van der Waals surface area contributed by atoms with Crippen molar-refractivity contribution in [2.45, 2.75) is 37.0 Å². The average Bonchev–Trinajstić information content (AvgIpc) is 2.75. The molecule has 5 nitrogen and oxygen atoms in total. The van der Waals surface area contributed by atoms with Gasteiger partial charge in [0.15, 0.2) is 0 Å². The lowest BCUT2D eigenvalue weighted by Crippen LogP contribution is -2.41. The molecule has 1 fully saturated rings. The van der Waals surface area contributed by atoms with Crippen molar-refractivity contribution in [2.75, 3.05) is 6.26 Å². The normalized spacial score (nSPS) is 24.1. The molecular formula is C12H17BrN2O3S. The summed E-state index contributed by atoms with van der Waals surface area (Å²) in [5.41, 5.74) is 0.480. The van der Waals surface area contributed by atoms with E-state index in [4.69, 9.17) is 0 Å². The molecule has 1 aliphatic rings. The van der Waals surface area contributed by atoms with E-state index in [2.05, 4.69) is 26.2 Å². The Morgan fingerprint density at radius 1 is 1.47 bits per heavy atom. The Labute approximate surface area is 121 Å². The van der Waals surface area contributed by atoms with Crippen LogP contribution in [0, 0.1) is 0 Å². The average molecular weight is 349 g/mol. The van der Waals surface area contributed by atoms with Crippen LogP contribution in [0.5, 0.6) is 0 Å². The Morgan fingerprint density at radius 3 is 2.79 bits per heavy atom. The molecule has 7 heteroatoms. The van der Waals surface area contributed by atoms with Crippen molar-refractivity contribution in [3.8, 4) is 0 Å². The number of hydrogen-bond acceptors (Lipinski definition) is 3. The molecular weight excluding hydrogens is 332 g/mol. The number of aromatic nitrogens is 1. The van der Waals surface area contributed by atoms with Gasteiger partial charge in [-0.3, -0.25) is 4.79 Å². The van der Waals surface area contributed by atoms with Crippen LogP contribution in [0.4, 0.5) is 0 Å². The number of amides is 1. The van der Waals surface area contributed by atoms with Crippen molar-refractivity contribution in [3.63, 3.8) is 0 Å². The molecule has 0 spiro atoms. The summed E-state index contributed by atoms with van der Waals surface area (Å²) in [4.78, 5) is 14.8. The lowest BCUT2D eigenvalue weighted by Gasteiger charge is -2.28. The van der Waals surface area contributed by atoms with Gasteiger partial charge in [0.2, 0.25) is 0 Å². The number of halogens is 1.